The first-order valence-electron chi connectivity index (χ1n) is 8.50. The van der Waals surface area contributed by atoms with Gasteiger partial charge in [0.25, 0.3) is 0 Å². The van der Waals surface area contributed by atoms with Gasteiger partial charge < -0.3 is 9.30 Å². The Hall–Kier alpha value is -3.33. The number of hydrogen-bond acceptors (Lipinski definition) is 2. The van der Waals surface area contributed by atoms with Crippen molar-refractivity contribution in [1.82, 2.24) is 4.57 Å². The number of aromatic nitrogens is 1. The van der Waals surface area contributed by atoms with Gasteiger partial charge in [-0.05, 0) is 28.5 Å². The van der Waals surface area contributed by atoms with Crippen LogP contribution in [0.1, 0.15) is 15.9 Å². The van der Waals surface area contributed by atoms with Crippen LogP contribution in [0, 0.1) is 0 Å². The van der Waals surface area contributed by atoms with Gasteiger partial charge in [-0.3, -0.25) is 4.79 Å². The van der Waals surface area contributed by atoms with Crippen LogP contribution in [0.15, 0.2) is 79.1 Å². The summed E-state index contributed by atoms with van der Waals surface area (Å²) in [4.78, 5) is 13.2. The molecule has 0 spiro atoms. The molecule has 0 amide bonds. The monoisotopic (exact) mass is 341 g/mol. The highest BCUT2D eigenvalue weighted by atomic mass is 16.5. The van der Waals surface area contributed by atoms with Crippen molar-refractivity contribution in [2.24, 2.45) is 7.05 Å². The van der Waals surface area contributed by atoms with Crippen LogP contribution < -0.4 is 4.74 Å². The van der Waals surface area contributed by atoms with Crippen LogP contribution in [0.5, 0.6) is 5.75 Å². The van der Waals surface area contributed by atoms with Crippen LogP contribution in [-0.4, -0.2) is 17.5 Å². The van der Waals surface area contributed by atoms with Gasteiger partial charge in [-0.2, -0.15) is 0 Å². The van der Waals surface area contributed by atoms with E-state index in [0.717, 1.165) is 21.9 Å². The molecule has 0 saturated carbocycles. The number of benzene rings is 3. The number of fused-ring (bicyclic) bond motifs is 1. The number of nitrogens with zero attached hydrogens (tertiary/aromatic N) is 1. The van der Waals surface area contributed by atoms with E-state index in [1.165, 1.54) is 0 Å². The minimum Gasteiger partial charge on any atom is -0.497 e. The van der Waals surface area contributed by atoms with E-state index < -0.39 is 0 Å². The predicted octanol–water partition coefficient (Wildman–Crippen LogP) is 5.08. The highest BCUT2D eigenvalue weighted by Crippen LogP contribution is 2.33. The second kappa shape index (κ2) is 6.52. The first-order chi connectivity index (χ1) is 12.7. The summed E-state index contributed by atoms with van der Waals surface area (Å²) in [6.07, 6.45) is 3.90. The molecule has 0 fully saturated rings. The molecule has 3 nitrogen and oxygen atoms in total. The topological polar surface area (TPSA) is 31.2 Å². The quantitative estimate of drug-likeness (QED) is 0.484. The van der Waals surface area contributed by atoms with Gasteiger partial charge in [0, 0.05) is 36.1 Å². The molecule has 0 bridgehead atoms. The third-order valence-electron chi connectivity index (χ3n) is 4.61. The Balaban J connectivity index is 1.88. The van der Waals surface area contributed by atoms with E-state index in [1.54, 1.807) is 13.2 Å². The number of methoxy groups -OCH3 is 1. The van der Waals surface area contributed by atoms with E-state index in [0.29, 0.717) is 16.9 Å². The molecule has 0 aliphatic carbocycles. The van der Waals surface area contributed by atoms with E-state index in [2.05, 4.69) is 24.3 Å². The molecule has 0 saturated heterocycles. The minimum absolute atomic E-state index is 0.00701. The largest absolute Gasteiger partial charge is 0.497 e. The Labute approximate surface area is 152 Å². The average molecular weight is 341 g/mol. The van der Waals surface area contributed by atoms with Crippen LogP contribution in [0.25, 0.3) is 21.9 Å². The molecule has 0 unspecified atom stereocenters. The molecule has 4 rings (SSSR count). The van der Waals surface area contributed by atoms with Gasteiger partial charge in [-0.25, -0.2) is 0 Å². The zero-order valence-corrected chi connectivity index (χ0v) is 14.8. The van der Waals surface area contributed by atoms with Crippen LogP contribution in [-0.2, 0) is 7.05 Å². The zero-order valence-electron chi connectivity index (χ0n) is 14.8. The molecule has 0 radical (unpaired) electrons. The van der Waals surface area contributed by atoms with Gasteiger partial charge >= 0.3 is 0 Å². The highest BCUT2D eigenvalue weighted by Gasteiger charge is 2.18. The Morgan fingerprint density at radius 3 is 2.50 bits per heavy atom. The lowest BCUT2D eigenvalue weighted by atomic mass is 9.94. The van der Waals surface area contributed by atoms with Gasteiger partial charge in [-0.1, -0.05) is 54.6 Å². The Kier molecular flexibility index (Phi) is 4.05. The molecule has 3 heteroatoms. The molecule has 26 heavy (non-hydrogen) atoms. The fourth-order valence-corrected chi connectivity index (χ4v) is 3.36. The average Bonchev–Trinajstić information content (AvgIpc) is 3.08. The molecule has 0 aliphatic rings. The summed E-state index contributed by atoms with van der Waals surface area (Å²) in [6.45, 7) is 0. The van der Waals surface area contributed by atoms with Crippen molar-refractivity contribution in [3.8, 4) is 16.9 Å². The van der Waals surface area contributed by atoms with Crippen molar-refractivity contribution >= 4 is 16.6 Å². The number of ether oxygens (including phenoxy) is 1. The molecule has 1 aromatic heterocycles. The molecule has 128 valence electrons. The van der Waals surface area contributed by atoms with Crippen molar-refractivity contribution in [2.75, 3.05) is 7.11 Å². The van der Waals surface area contributed by atoms with Gasteiger partial charge in [-0.15, -0.1) is 0 Å². The van der Waals surface area contributed by atoms with Crippen molar-refractivity contribution in [3.05, 3.63) is 90.3 Å². The lowest BCUT2D eigenvalue weighted by molar-refractivity contribution is 0.103. The maximum atomic E-state index is 13.2. The van der Waals surface area contributed by atoms with E-state index in [1.807, 2.05) is 60.4 Å². The first-order valence-corrected chi connectivity index (χ1v) is 8.50. The number of hydrogen-bond donors (Lipinski definition) is 0. The first kappa shape index (κ1) is 16.2. The smallest absolute Gasteiger partial charge is 0.195 e. The van der Waals surface area contributed by atoms with Crippen LogP contribution in [0.2, 0.25) is 0 Å². The van der Waals surface area contributed by atoms with Gasteiger partial charge in [0.1, 0.15) is 5.75 Å². The number of carbonyl (C=O) groups is 1. The SMILES string of the molecule is COc1cccc(C(=O)c2cn(C)cc2-c2cccc3ccccc23)c1. The molecular weight excluding hydrogens is 322 g/mol. The summed E-state index contributed by atoms with van der Waals surface area (Å²) < 4.78 is 7.20. The lowest BCUT2D eigenvalue weighted by Crippen LogP contribution is -2.02. The van der Waals surface area contributed by atoms with E-state index in [-0.39, 0.29) is 5.78 Å². The number of rotatable bonds is 4. The molecular formula is C23H19NO2. The van der Waals surface area contributed by atoms with Gasteiger partial charge in [0.15, 0.2) is 5.78 Å². The van der Waals surface area contributed by atoms with E-state index in [9.17, 15) is 4.79 Å². The Morgan fingerprint density at radius 2 is 1.65 bits per heavy atom. The zero-order chi connectivity index (χ0) is 18.1. The summed E-state index contributed by atoms with van der Waals surface area (Å²) >= 11 is 0. The number of ketones is 1. The van der Waals surface area contributed by atoms with E-state index >= 15 is 0 Å². The van der Waals surface area contributed by atoms with Crippen molar-refractivity contribution in [2.45, 2.75) is 0 Å². The minimum atomic E-state index is -0.00701. The second-order valence-electron chi connectivity index (χ2n) is 6.34. The molecule has 0 N–H and O–H groups in total. The maximum absolute atomic E-state index is 13.2. The normalized spacial score (nSPS) is 10.8. The molecule has 1 heterocycles. The summed E-state index contributed by atoms with van der Waals surface area (Å²) in [7, 11) is 3.55. The Bertz CT molecular complexity index is 1100. The molecule has 0 aliphatic heterocycles. The fourth-order valence-electron chi connectivity index (χ4n) is 3.36. The maximum Gasteiger partial charge on any atom is 0.195 e. The second-order valence-corrected chi connectivity index (χ2v) is 6.34. The predicted molar refractivity (Wildman–Crippen MR) is 105 cm³/mol. The van der Waals surface area contributed by atoms with Crippen LogP contribution in [0.3, 0.4) is 0 Å². The summed E-state index contributed by atoms with van der Waals surface area (Å²) in [5, 5.41) is 2.30. The van der Waals surface area contributed by atoms with Crippen molar-refractivity contribution < 1.29 is 9.53 Å². The third-order valence-corrected chi connectivity index (χ3v) is 4.61. The lowest BCUT2D eigenvalue weighted by Gasteiger charge is -2.08. The van der Waals surface area contributed by atoms with E-state index in [4.69, 9.17) is 4.74 Å². The summed E-state index contributed by atoms with van der Waals surface area (Å²) in [6, 6.07) is 21.7. The third kappa shape index (κ3) is 2.78. The molecule has 0 atom stereocenters. The van der Waals surface area contributed by atoms with Gasteiger partial charge in [0.2, 0.25) is 0 Å². The number of aryl methyl sites for hydroxylation is 1. The van der Waals surface area contributed by atoms with Crippen molar-refractivity contribution in [1.29, 1.82) is 0 Å². The van der Waals surface area contributed by atoms with Gasteiger partial charge in [0.05, 0.1) is 7.11 Å². The summed E-state index contributed by atoms with van der Waals surface area (Å²) in [5.74, 6) is 0.672. The Morgan fingerprint density at radius 1 is 0.885 bits per heavy atom. The highest BCUT2D eigenvalue weighted by molar-refractivity contribution is 6.14. The number of carbonyl (C=O) groups excluding carboxylic acids is 1. The van der Waals surface area contributed by atoms with Crippen molar-refractivity contribution in [3.63, 3.8) is 0 Å². The summed E-state index contributed by atoms with van der Waals surface area (Å²) in [5.41, 5.74) is 3.32. The fraction of sp³-hybridized carbons (Fsp3) is 0.0870. The standard InChI is InChI=1S/C23H19NO2/c1-24-14-21(20-12-6-8-16-7-3-4-11-19(16)20)22(15-24)23(25)17-9-5-10-18(13-17)26-2/h3-15H,1-2H3. The molecule has 4 aromatic rings. The molecule has 3 aromatic carbocycles. The van der Waals surface area contributed by atoms with Crippen LogP contribution >= 0.6 is 0 Å². The van der Waals surface area contributed by atoms with Crippen LogP contribution in [0.4, 0.5) is 0 Å².